The molecule has 5 heteroatoms. The molecule has 0 spiro atoms. The minimum Gasteiger partial charge on any atom is -0.328 e. The Balaban J connectivity index is 1.39. The van der Waals surface area contributed by atoms with E-state index in [1.807, 2.05) is 12.3 Å². The lowest BCUT2D eigenvalue weighted by Gasteiger charge is -2.17. The van der Waals surface area contributed by atoms with Crippen molar-refractivity contribution in [2.45, 2.75) is 32.9 Å². The number of rotatable bonds is 6. The van der Waals surface area contributed by atoms with Gasteiger partial charge >= 0.3 is 0 Å². The molecule has 1 saturated heterocycles. The van der Waals surface area contributed by atoms with Gasteiger partial charge in [-0.25, -0.2) is 13.8 Å². The van der Waals surface area contributed by atoms with Gasteiger partial charge in [-0.15, -0.1) is 0 Å². The molecule has 3 aromatic rings. The third-order valence-electron chi connectivity index (χ3n) is 5.57. The first-order chi connectivity index (χ1) is 13.6. The minimum atomic E-state index is -0.527. The Bertz CT molecular complexity index is 936. The van der Waals surface area contributed by atoms with Crippen LogP contribution in [0.3, 0.4) is 0 Å². The second-order valence-corrected chi connectivity index (χ2v) is 7.72. The molecule has 1 unspecified atom stereocenters. The van der Waals surface area contributed by atoms with Gasteiger partial charge in [0.05, 0.1) is 0 Å². The molecule has 1 atom stereocenters. The van der Waals surface area contributed by atoms with Crippen LogP contribution < -0.4 is 0 Å². The van der Waals surface area contributed by atoms with Gasteiger partial charge < -0.3 is 4.57 Å². The lowest BCUT2D eigenvalue weighted by Crippen LogP contribution is -2.22. The molecule has 2 heterocycles. The summed E-state index contributed by atoms with van der Waals surface area (Å²) in [6.45, 7) is 5.30. The first-order valence-electron chi connectivity index (χ1n) is 9.79. The molecule has 1 aliphatic rings. The van der Waals surface area contributed by atoms with Gasteiger partial charge in [-0.1, -0.05) is 36.4 Å². The van der Waals surface area contributed by atoms with E-state index in [0.717, 1.165) is 44.4 Å². The summed E-state index contributed by atoms with van der Waals surface area (Å²) in [6.07, 6.45) is 3.93. The molecule has 1 aromatic heterocycles. The summed E-state index contributed by atoms with van der Waals surface area (Å²) >= 11 is 0. The average Bonchev–Trinajstić information content (AvgIpc) is 3.26. The number of halogens is 2. The second-order valence-electron chi connectivity index (χ2n) is 7.72. The van der Waals surface area contributed by atoms with Crippen LogP contribution in [-0.2, 0) is 19.5 Å². The Morgan fingerprint density at radius 2 is 1.89 bits per heavy atom. The van der Waals surface area contributed by atoms with Gasteiger partial charge in [0.15, 0.2) is 0 Å². The lowest BCUT2D eigenvalue weighted by atomic mass is 10.0. The molecule has 0 saturated carbocycles. The topological polar surface area (TPSA) is 21.1 Å². The molecule has 3 nitrogen and oxygen atoms in total. The summed E-state index contributed by atoms with van der Waals surface area (Å²) in [4.78, 5) is 6.90. The van der Waals surface area contributed by atoms with Crippen molar-refractivity contribution in [3.8, 4) is 0 Å². The van der Waals surface area contributed by atoms with Gasteiger partial charge in [0.25, 0.3) is 0 Å². The number of hydrogen-bond acceptors (Lipinski definition) is 2. The van der Waals surface area contributed by atoms with E-state index in [2.05, 4.69) is 45.6 Å². The summed E-state index contributed by atoms with van der Waals surface area (Å²) in [7, 11) is 0. The van der Waals surface area contributed by atoms with Crippen LogP contribution in [0.4, 0.5) is 8.78 Å². The van der Waals surface area contributed by atoms with Crippen molar-refractivity contribution in [1.82, 2.24) is 14.5 Å². The van der Waals surface area contributed by atoms with E-state index < -0.39 is 11.6 Å². The third kappa shape index (κ3) is 4.30. The number of likely N-dealkylation sites (tertiary alicyclic amines) is 1. The van der Waals surface area contributed by atoms with Crippen LogP contribution >= 0.6 is 0 Å². The van der Waals surface area contributed by atoms with Crippen molar-refractivity contribution >= 4 is 0 Å². The molecule has 1 aliphatic heterocycles. The molecular weight excluding hydrogens is 356 g/mol. The van der Waals surface area contributed by atoms with E-state index in [9.17, 15) is 8.78 Å². The molecule has 146 valence electrons. The highest BCUT2D eigenvalue weighted by atomic mass is 19.1. The first kappa shape index (κ1) is 18.8. The number of hydrogen-bond donors (Lipinski definition) is 0. The smallest absolute Gasteiger partial charge is 0.130 e. The van der Waals surface area contributed by atoms with Crippen molar-refractivity contribution in [3.63, 3.8) is 0 Å². The maximum absolute atomic E-state index is 13.9. The number of nitrogens with zero attached hydrogens (tertiary/aromatic N) is 3. The summed E-state index contributed by atoms with van der Waals surface area (Å²) in [5.41, 5.74) is 3.00. The summed E-state index contributed by atoms with van der Waals surface area (Å²) in [6, 6.07) is 14.3. The van der Waals surface area contributed by atoms with Crippen molar-refractivity contribution < 1.29 is 8.78 Å². The van der Waals surface area contributed by atoms with E-state index >= 15 is 0 Å². The van der Waals surface area contributed by atoms with Gasteiger partial charge in [0, 0.05) is 49.6 Å². The van der Waals surface area contributed by atoms with E-state index in [4.69, 9.17) is 0 Å². The predicted molar refractivity (Wildman–Crippen MR) is 106 cm³/mol. The van der Waals surface area contributed by atoms with E-state index in [-0.39, 0.29) is 0 Å². The van der Waals surface area contributed by atoms with Gasteiger partial charge in [-0.2, -0.15) is 0 Å². The normalized spacial score (nSPS) is 17.3. The second kappa shape index (κ2) is 8.23. The molecular formula is C23H25F2N3. The Labute approximate surface area is 164 Å². The fourth-order valence-electron chi connectivity index (χ4n) is 4.03. The van der Waals surface area contributed by atoms with Crippen LogP contribution in [0, 0.1) is 24.5 Å². The molecule has 28 heavy (non-hydrogen) atoms. The molecule has 0 radical (unpaired) electrons. The van der Waals surface area contributed by atoms with Crippen molar-refractivity contribution in [2.75, 3.05) is 13.1 Å². The fraction of sp³-hybridized carbons (Fsp3) is 0.348. The molecule has 4 rings (SSSR count). The van der Waals surface area contributed by atoms with Crippen LogP contribution in [0.2, 0.25) is 0 Å². The minimum absolute atomic E-state index is 0.461. The molecule has 1 fully saturated rings. The average molecular weight is 381 g/mol. The number of benzene rings is 2. The first-order valence-corrected chi connectivity index (χ1v) is 9.79. The van der Waals surface area contributed by atoms with Crippen LogP contribution in [0.1, 0.15) is 29.1 Å². The molecule has 0 amide bonds. The lowest BCUT2D eigenvalue weighted by molar-refractivity contribution is 0.309. The Kier molecular flexibility index (Phi) is 5.53. The Morgan fingerprint density at radius 1 is 1.07 bits per heavy atom. The predicted octanol–water partition coefficient (Wildman–Crippen LogP) is 4.58. The summed E-state index contributed by atoms with van der Waals surface area (Å²) in [5.74, 6) is 0.625. The zero-order chi connectivity index (χ0) is 19.5. The zero-order valence-corrected chi connectivity index (χ0v) is 16.1. The summed E-state index contributed by atoms with van der Waals surface area (Å²) in [5, 5.41) is 0. The van der Waals surface area contributed by atoms with Crippen molar-refractivity contribution in [3.05, 3.63) is 89.0 Å². The number of imidazole rings is 1. The van der Waals surface area contributed by atoms with Gasteiger partial charge in [-0.3, -0.25) is 4.90 Å². The van der Waals surface area contributed by atoms with E-state index in [1.54, 1.807) is 6.07 Å². The van der Waals surface area contributed by atoms with Crippen LogP contribution in [0.5, 0.6) is 0 Å². The number of aryl methyl sites for hydroxylation is 1. The van der Waals surface area contributed by atoms with E-state index in [0.29, 0.717) is 18.0 Å². The van der Waals surface area contributed by atoms with Crippen molar-refractivity contribution in [2.24, 2.45) is 5.92 Å². The van der Waals surface area contributed by atoms with E-state index in [1.165, 1.54) is 17.3 Å². The monoisotopic (exact) mass is 381 g/mol. The molecule has 0 bridgehead atoms. The highest BCUT2D eigenvalue weighted by Gasteiger charge is 2.25. The zero-order valence-electron chi connectivity index (χ0n) is 16.1. The van der Waals surface area contributed by atoms with Crippen LogP contribution in [-0.4, -0.2) is 27.5 Å². The van der Waals surface area contributed by atoms with Crippen LogP contribution in [0.15, 0.2) is 54.7 Å². The van der Waals surface area contributed by atoms with Gasteiger partial charge in [0.1, 0.15) is 17.5 Å². The van der Waals surface area contributed by atoms with Gasteiger partial charge in [-0.05, 0) is 37.4 Å². The third-order valence-corrected chi connectivity index (χ3v) is 5.57. The SMILES string of the molecule is Cc1cnc(CC2CCN(Cc3ccc(F)cc3F)C2)n1Cc1ccccc1. The fourth-order valence-corrected chi connectivity index (χ4v) is 4.03. The number of aromatic nitrogens is 2. The standard InChI is InChI=1S/C23H25F2N3/c1-17-13-26-23(28(17)15-18-5-3-2-4-6-18)11-19-9-10-27(14-19)16-20-7-8-21(24)12-22(20)25/h2-8,12-13,19H,9-11,14-16H2,1H3. The summed E-state index contributed by atoms with van der Waals surface area (Å²) < 4.78 is 29.3. The molecule has 0 N–H and O–H groups in total. The Hall–Kier alpha value is -2.53. The maximum atomic E-state index is 13.9. The van der Waals surface area contributed by atoms with Crippen LogP contribution in [0.25, 0.3) is 0 Å². The molecule has 2 aromatic carbocycles. The maximum Gasteiger partial charge on any atom is 0.130 e. The van der Waals surface area contributed by atoms with Gasteiger partial charge in [0.2, 0.25) is 0 Å². The largest absolute Gasteiger partial charge is 0.328 e. The Morgan fingerprint density at radius 3 is 2.68 bits per heavy atom. The quantitative estimate of drug-likeness (QED) is 0.623. The highest BCUT2D eigenvalue weighted by Crippen LogP contribution is 2.24. The molecule has 0 aliphatic carbocycles. The highest BCUT2D eigenvalue weighted by molar-refractivity contribution is 5.19. The van der Waals surface area contributed by atoms with Crippen molar-refractivity contribution in [1.29, 1.82) is 0 Å².